The van der Waals surface area contributed by atoms with Gasteiger partial charge in [0, 0.05) is 5.69 Å². The van der Waals surface area contributed by atoms with Crippen LogP contribution in [0.15, 0.2) is 24.3 Å². The fraction of sp³-hybridized carbons (Fsp3) is 0. The molecule has 0 unspecified atom stereocenters. The van der Waals surface area contributed by atoms with Crippen molar-refractivity contribution in [3.05, 3.63) is 24.3 Å². The fourth-order valence-electron chi connectivity index (χ4n) is 0.706. The van der Waals surface area contributed by atoms with Gasteiger partial charge >= 0.3 is 103 Å². The van der Waals surface area contributed by atoms with Gasteiger partial charge in [-0.2, -0.15) is 0 Å². The van der Waals surface area contributed by atoms with Crippen molar-refractivity contribution in [1.29, 1.82) is 0 Å². The van der Waals surface area contributed by atoms with Crippen LogP contribution < -0.4 is 124 Å². The van der Waals surface area contributed by atoms with Gasteiger partial charge in [0.2, 0.25) is 0 Å². The number of hydrogen-bond donors (Lipinski definition) is 1. The standard InChI is InChI=1S/C6H6BNO2.2K/c8-6-3-1-2-5(4-6)7(9)10;;/h1-4H,8H2;;/q-2;2*+1. The van der Waals surface area contributed by atoms with Crippen molar-refractivity contribution in [3.8, 4) is 0 Å². The number of hydrogen-bond acceptors (Lipinski definition) is 3. The van der Waals surface area contributed by atoms with Gasteiger partial charge in [-0.15, -0.1) is 5.46 Å². The minimum absolute atomic E-state index is 0. The first-order chi connectivity index (χ1) is 4.70. The van der Waals surface area contributed by atoms with E-state index in [1.165, 1.54) is 12.1 Å². The molecule has 0 saturated carbocycles. The summed E-state index contributed by atoms with van der Waals surface area (Å²) in [5.74, 6) is 0. The number of nitrogens with two attached hydrogens (primary N) is 1. The molecule has 0 amide bonds. The molecule has 6 heteroatoms. The second kappa shape index (κ2) is 8.58. The Morgan fingerprint density at radius 2 is 1.75 bits per heavy atom. The van der Waals surface area contributed by atoms with Crippen molar-refractivity contribution in [1.82, 2.24) is 0 Å². The molecule has 0 bridgehead atoms. The van der Waals surface area contributed by atoms with Crippen LogP contribution in [0.3, 0.4) is 0 Å². The first-order valence-corrected chi connectivity index (χ1v) is 2.87. The van der Waals surface area contributed by atoms with Crippen LogP contribution in [0.5, 0.6) is 0 Å². The Kier molecular flexibility index (Phi) is 11.9. The minimum Gasteiger partial charge on any atom is -0.889 e. The van der Waals surface area contributed by atoms with E-state index in [1.54, 1.807) is 12.1 Å². The summed E-state index contributed by atoms with van der Waals surface area (Å²) in [7, 11) is -1.93. The maximum Gasteiger partial charge on any atom is 1.00 e. The Balaban J connectivity index is 0. The number of anilines is 1. The molecule has 3 nitrogen and oxygen atoms in total. The summed E-state index contributed by atoms with van der Waals surface area (Å²) in [6.45, 7) is 0. The summed E-state index contributed by atoms with van der Waals surface area (Å²) in [4.78, 5) is 0. The van der Waals surface area contributed by atoms with E-state index < -0.39 is 7.12 Å². The van der Waals surface area contributed by atoms with Gasteiger partial charge < -0.3 is 15.8 Å². The maximum atomic E-state index is 10.3. The number of rotatable bonds is 1. The van der Waals surface area contributed by atoms with Crippen LogP contribution >= 0.6 is 0 Å². The summed E-state index contributed by atoms with van der Waals surface area (Å²) >= 11 is 0. The average Bonchev–Trinajstić information content (AvgIpc) is 1.88. The van der Waals surface area contributed by atoms with E-state index in [0.717, 1.165) is 0 Å². The Bertz CT molecular complexity index is 235. The SMILES string of the molecule is Nc1cccc(B([O-])[O-])c1.[K+].[K+]. The minimum atomic E-state index is -1.93. The molecule has 0 aromatic heterocycles. The molecular formula is C6H6BK2NO2. The van der Waals surface area contributed by atoms with Crippen molar-refractivity contribution in [2.24, 2.45) is 0 Å². The third-order valence-electron chi connectivity index (χ3n) is 1.18. The van der Waals surface area contributed by atoms with E-state index in [2.05, 4.69) is 0 Å². The molecule has 0 heterocycles. The molecular weight excluding hydrogens is 207 g/mol. The maximum absolute atomic E-state index is 10.3. The molecule has 2 N–H and O–H groups in total. The molecule has 0 saturated heterocycles. The largest absolute Gasteiger partial charge is 1.00 e. The topological polar surface area (TPSA) is 72.1 Å². The number of nitrogen functional groups attached to an aromatic ring is 1. The Hall–Kier alpha value is 2.28. The van der Waals surface area contributed by atoms with Gasteiger partial charge in [0.05, 0.1) is 0 Å². The van der Waals surface area contributed by atoms with Crippen LogP contribution in [-0.4, -0.2) is 7.12 Å². The third kappa shape index (κ3) is 5.89. The summed E-state index contributed by atoms with van der Waals surface area (Å²) in [6, 6.07) is 6.09. The van der Waals surface area contributed by atoms with Gasteiger partial charge in [-0.05, 0) is 12.1 Å². The molecule has 12 heavy (non-hydrogen) atoms. The van der Waals surface area contributed by atoms with Crippen molar-refractivity contribution >= 4 is 18.3 Å². The predicted octanol–water partition coefficient (Wildman–Crippen LogP) is -8.31. The van der Waals surface area contributed by atoms with E-state index in [-0.39, 0.29) is 108 Å². The van der Waals surface area contributed by atoms with Crippen LogP contribution in [0.25, 0.3) is 0 Å². The molecule has 0 fully saturated rings. The van der Waals surface area contributed by atoms with Crippen LogP contribution in [0.4, 0.5) is 5.69 Å². The summed E-state index contributed by atoms with van der Waals surface area (Å²) in [5.41, 5.74) is 5.97. The summed E-state index contributed by atoms with van der Waals surface area (Å²) < 4.78 is 0. The molecule has 1 aromatic rings. The smallest absolute Gasteiger partial charge is 0.889 e. The first-order valence-electron chi connectivity index (χ1n) is 2.87. The second-order valence-electron chi connectivity index (χ2n) is 2.00. The van der Waals surface area contributed by atoms with Crippen molar-refractivity contribution < 1.29 is 113 Å². The van der Waals surface area contributed by atoms with Gasteiger partial charge in [0.25, 0.3) is 0 Å². The quantitative estimate of drug-likeness (QED) is 0.372. The monoisotopic (exact) mass is 213 g/mol. The molecule has 0 atom stereocenters. The number of benzene rings is 1. The van der Waals surface area contributed by atoms with Crippen LogP contribution in [0.2, 0.25) is 0 Å². The molecule has 52 valence electrons. The summed E-state index contributed by atoms with van der Waals surface area (Å²) in [5, 5.41) is 20.5. The van der Waals surface area contributed by atoms with Gasteiger partial charge in [-0.25, -0.2) is 0 Å². The van der Waals surface area contributed by atoms with Crippen molar-refractivity contribution in [3.63, 3.8) is 0 Å². The third-order valence-corrected chi connectivity index (χ3v) is 1.18. The second-order valence-corrected chi connectivity index (χ2v) is 2.00. The zero-order chi connectivity index (χ0) is 7.56. The average molecular weight is 213 g/mol. The zero-order valence-corrected chi connectivity index (χ0v) is 13.5. The van der Waals surface area contributed by atoms with Crippen LogP contribution in [0.1, 0.15) is 0 Å². The molecule has 0 radical (unpaired) electrons. The van der Waals surface area contributed by atoms with Gasteiger partial charge in [0.1, 0.15) is 0 Å². The predicted molar refractivity (Wildman–Crippen MR) is 36.2 cm³/mol. The van der Waals surface area contributed by atoms with E-state index in [9.17, 15) is 10.0 Å². The van der Waals surface area contributed by atoms with Crippen LogP contribution in [0, 0.1) is 0 Å². The van der Waals surface area contributed by atoms with Gasteiger partial charge in [0.15, 0.2) is 0 Å². The first kappa shape index (κ1) is 16.7. The van der Waals surface area contributed by atoms with E-state index in [1.807, 2.05) is 0 Å². The van der Waals surface area contributed by atoms with E-state index in [0.29, 0.717) is 5.69 Å². The van der Waals surface area contributed by atoms with Gasteiger partial charge in [-0.1, -0.05) is 19.3 Å². The molecule has 0 aliphatic rings. The Morgan fingerprint density at radius 1 is 1.17 bits per heavy atom. The van der Waals surface area contributed by atoms with E-state index in [4.69, 9.17) is 5.73 Å². The van der Waals surface area contributed by atoms with Gasteiger partial charge in [-0.3, -0.25) is 0 Å². The summed E-state index contributed by atoms with van der Waals surface area (Å²) in [6.07, 6.45) is 0. The molecule has 0 aliphatic carbocycles. The Labute approximate surface area is 157 Å². The molecule has 1 rings (SSSR count). The van der Waals surface area contributed by atoms with Crippen molar-refractivity contribution in [2.75, 3.05) is 5.73 Å². The normalized spacial score (nSPS) is 7.83. The van der Waals surface area contributed by atoms with Crippen molar-refractivity contribution in [2.45, 2.75) is 0 Å². The van der Waals surface area contributed by atoms with E-state index >= 15 is 0 Å². The molecule has 1 aromatic carbocycles. The fourth-order valence-corrected chi connectivity index (χ4v) is 0.706. The molecule has 0 spiro atoms. The zero-order valence-electron chi connectivity index (χ0n) is 7.28. The Morgan fingerprint density at radius 3 is 2.08 bits per heavy atom. The molecule has 0 aliphatic heterocycles. The van der Waals surface area contributed by atoms with Crippen LogP contribution in [-0.2, 0) is 0 Å².